The molecular weight excluding hydrogens is 370 g/mol. The molecule has 1 atom stereocenters. The molecule has 0 bridgehead atoms. The summed E-state index contributed by atoms with van der Waals surface area (Å²) in [5.74, 6) is -1.55. The maximum absolute atomic E-state index is 13.1. The number of carbonyl (C=O) groups excluding carboxylic acids is 2. The number of ether oxygens (including phenoxy) is 1. The molecule has 0 saturated carbocycles. The van der Waals surface area contributed by atoms with Crippen LogP contribution in [-0.4, -0.2) is 28.3 Å². The van der Waals surface area contributed by atoms with Crippen molar-refractivity contribution in [2.75, 3.05) is 6.61 Å². The molecule has 0 aliphatic carbocycles. The van der Waals surface area contributed by atoms with E-state index in [-0.39, 0.29) is 12.3 Å². The molecule has 25 heavy (non-hydrogen) atoms. The number of nitrogens with zero attached hydrogens (tertiary/aromatic N) is 2. The first-order chi connectivity index (χ1) is 11.6. The van der Waals surface area contributed by atoms with Gasteiger partial charge in [0, 0.05) is 11.8 Å². The summed E-state index contributed by atoms with van der Waals surface area (Å²) in [5.41, 5.74) is -1.93. The van der Waals surface area contributed by atoms with Gasteiger partial charge in [0.05, 0.1) is 11.6 Å². The van der Waals surface area contributed by atoms with Crippen LogP contribution >= 0.6 is 11.6 Å². The molecule has 0 spiro atoms. The predicted octanol–water partition coefficient (Wildman–Crippen LogP) is 3.56. The predicted molar refractivity (Wildman–Crippen MR) is 80.4 cm³/mol. The second kappa shape index (κ2) is 8.84. The van der Waals surface area contributed by atoms with Crippen LogP contribution in [0.1, 0.15) is 51.1 Å². The summed E-state index contributed by atoms with van der Waals surface area (Å²) in [7, 11) is 0. The average molecular weight is 386 g/mol. The number of allylic oxidation sites excluding steroid dienone is 1. The maximum Gasteiger partial charge on any atom is 0.332 e. The molecule has 11 heteroatoms. The number of rotatable bonds is 7. The van der Waals surface area contributed by atoms with E-state index in [4.69, 9.17) is 11.6 Å². The largest absolute Gasteiger partial charge is 0.463 e. The summed E-state index contributed by atoms with van der Waals surface area (Å²) in [4.78, 5) is 23.4. The number of carbonyl (C=O) groups is 2. The van der Waals surface area contributed by atoms with Crippen molar-refractivity contribution in [1.29, 1.82) is 0 Å². The van der Waals surface area contributed by atoms with E-state index in [9.17, 15) is 27.2 Å². The van der Waals surface area contributed by atoms with Crippen molar-refractivity contribution in [3.63, 3.8) is 0 Å². The second-order valence-electron chi connectivity index (χ2n) is 4.88. The van der Waals surface area contributed by atoms with E-state index in [1.807, 2.05) is 0 Å². The lowest BCUT2D eigenvalue weighted by molar-refractivity contribution is -0.137. The van der Waals surface area contributed by atoms with Gasteiger partial charge in [-0.3, -0.25) is 4.79 Å². The molecule has 1 N–H and O–H groups in total. The topological polar surface area (TPSA) is 73.2 Å². The summed E-state index contributed by atoms with van der Waals surface area (Å²) in [5, 5.41) is 4.72. The first kappa shape index (κ1) is 20.9. The minimum absolute atomic E-state index is 0.0845. The standard InChI is InChI=1S/C14H16ClF4N3O3/c1-4-25-8(23)5-6(2)20-14(24)7(3)22-11(13(18)19)9(15)10(21-22)12(16)17/h5,7,12-13H,4H2,1-3H3,(H,20,24)/b6-5+. The van der Waals surface area contributed by atoms with Crippen LogP contribution in [0.5, 0.6) is 0 Å². The Balaban J connectivity index is 3.06. The lowest BCUT2D eigenvalue weighted by Gasteiger charge is -2.15. The van der Waals surface area contributed by atoms with Gasteiger partial charge in [-0.25, -0.2) is 27.0 Å². The summed E-state index contributed by atoms with van der Waals surface area (Å²) >= 11 is 5.53. The molecule has 1 aromatic heterocycles. The third-order valence-corrected chi connectivity index (χ3v) is 3.40. The Bertz CT molecular complexity index is 677. The van der Waals surface area contributed by atoms with E-state index in [1.54, 1.807) is 6.92 Å². The molecular formula is C14H16ClF4N3O3. The smallest absolute Gasteiger partial charge is 0.332 e. The molecule has 1 heterocycles. The van der Waals surface area contributed by atoms with E-state index < -0.39 is 47.2 Å². The summed E-state index contributed by atoms with van der Waals surface area (Å²) in [6.45, 7) is 4.27. The maximum atomic E-state index is 13.1. The summed E-state index contributed by atoms with van der Waals surface area (Å²) in [6, 6.07) is -1.38. The highest BCUT2D eigenvalue weighted by Crippen LogP contribution is 2.36. The molecule has 0 aromatic carbocycles. The van der Waals surface area contributed by atoms with Crippen molar-refractivity contribution in [2.24, 2.45) is 0 Å². The van der Waals surface area contributed by atoms with Gasteiger partial charge in [0.1, 0.15) is 17.4 Å². The average Bonchev–Trinajstić information content (AvgIpc) is 2.83. The van der Waals surface area contributed by atoms with Crippen LogP contribution in [0.15, 0.2) is 11.8 Å². The van der Waals surface area contributed by atoms with Gasteiger partial charge >= 0.3 is 5.97 Å². The Hall–Kier alpha value is -2.10. The zero-order valence-corrected chi connectivity index (χ0v) is 14.3. The van der Waals surface area contributed by atoms with Gasteiger partial charge in [-0.1, -0.05) is 11.6 Å². The Morgan fingerprint density at radius 3 is 2.40 bits per heavy atom. The molecule has 0 saturated heterocycles. The van der Waals surface area contributed by atoms with Crippen molar-refractivity contribution in [2.45, 2.75) is 39.7 Å². The molecule has 140 valence electrons. The molecule has 1 rings (SSSR count). The third kappa shape index (κ3) is 5.18. The van der Waals surface area contributed by atoms with Gasteiger partial charge in [-0.05, 0) is 20.8 Å². The van der Waals surface area contributed by atoms with Crippen molar-refractivity contribution in [1.82, 2.24) is 15.1 Å². The van der Waals surface area contributed by atoms with E-state index in [1.165, 1.54) is 13.8 Å². The van der Waals surface area contributed by atoms with Crippen LogP contribution in [0.4, 0.5) is 17.6 Å². The van der Waals surface area contributed by atoms with Gasteiger partial charge in [-0.2, -0.15) is 5.10 Å². The number of nitrogens with one attached hydrogen (secondary N) is 1. The number of aromatic nitrogens is 2. The molecule has 0 radical (unpaired) electrons. The van der Waals surface area contributed by atoms with E-state index in [0.717, 1.165) is 6.08 Å². The van der Waals surface area contributed by atoms with Gasteiger partial charge in [-0.15, -0.1) is 0 Å². The molecule has 6 nitrogen and oxygen atoms in total. The SMILES string of the molecule is CCOC(=O)/C=C(\C)NC(=O)C(C)n1nc(C(F)F)c(Cl)c1C(F)F. The van der Waals surface area contributed by atoms with E-state index >= 15 is 0 Å². The first-order valence-electron chi connectivity index (χ1n) is 7.10. The summed E-state index contributed by atoms with van der Waals surface area (Å²) < 4.78 is 56.9. The zero-order valence-electron chi connectivity index (χ0n) is 13.5. The molecule has 1 amide bonds. The molecule has 0 aliphatic rings. The van der Waals surface area contributed by atoms with Crippen molar-refractivity contribution >= 4 is 23.5 Å². The Morgan fingerprint density at radius 1 is 1.32 bits per heavy atom. The van der Waals surface area contributed by atoms with Gasteiger partial charge < -0.3 is 10.1 Å². The highest BCUT2D eigenvalue weighted by Gasteiger charge is 2.31. The van der Waals surface area contributed by atoms with Crippen molar-refractivity contribution in [3.05, 3.63) is 28.2 Å². The van der Waals surface area contributed by atoms with Crippen LogP contribution in [0.2, 0.25) is 5.02 Å². The minimum atomic E-state index is -3.21. The third-order valence-electron chi connectivity index (χ3n) is 3.01. The summed E-state index contributed by atoms with van der Waals surface area (Å²) in [6.07, 6.45) is -5.39. The van der Waals surface area contributed by atoms with Gasteiger partial charge in [0.25, 0.3) is 12.9 Å². The fraction of sp³-hybridized carbons (Fsp3) is 0.500. The van der Waals surface area contributed by atoms with Crippen LogP contribution in [0.25, 0.3) is 0 Å². The molecule has 0 aliphatic heterocycles. The van der Waals surface area contributed by atoms with Crippen molar-refractivity contribution in [3.8, 4) is 0 Å². The lowest BCUT2D eigenvalue weighted by Crippen LogP contribution is -2.31. The van der Waals surface area contributed by atoms with Gasteiger partial charge in [0.15, 0.2) is 0 Å². The highest BCUT2D eigenvalue weighted by molar-refractivity contribution is 6.32. The fourth-order valence-electron chi connectivity index (χ4n) is 1.88. The number of hydrogen-bond acceptors (Lipinski definition) is 4. The number of alkyl halides is 4. The Kier molecular flexibility index (Phi) is 7.40. The number of halogens is 5. The van der Waals surface area contributed by atoms with E-state index in [2.05, 4.69) is 15.2 Å². The quantitative estimate of drug-likeness (QED) is 0.442. The molecule has 1 aromatic rings. The normalized spacial score (nSPS) is 13.3. The molecule has 1 unspecified atom stereocenters. The highest BCUT2D eigenvalue weighted by atomic mass is 35.5. The van der Waals surface area contributed by atoms with Crippen LogP contribution in [0, 0.1) is 0 Å². The van der Waals surface area contributed by atoms with Crippen LogP contribution < -0.4 is 5.32 Å². The minimum Gasteiger partial charge on any atom is -0.463 e. The van der Waals surface area contributed by atoms with Crippen LogP contribution in [0.3, 0.4) is 0 Å². The Labute approximate surface area is 145 Å². The number of hydrogen-bond donors (Lipinski definition) is 1. The van der Waals surface area contributed by atoms with Crippen molar-refractivity contribution < 1.29 is 31.9 Å². The fourth-order valence-corrected chi connectivity index (χ4v) is 2.17. The molecule has 0 fully saturated rings. The van der Waals surface area contributed by atoms with Crippen LogP contribution in [-0.2, 0) is 14.3 Å². The second-order valence-corrected chi connectivity index (χ2v) is 5.25. The monoisotopic (exact) mass is 385 g/mol. The first-order valence-corrected chi connectivity index (χ1v) is 7.47. The zero-order chi connectivity index (χ0) is 19.3. The Morgan fingerprint density at radius 2 is 1.92 bits per heavy atom. The number of esters is 1. The van der Waals surface area contributed by atoms with E-state index in [0.29, 0.717) is 4.68 Å². The number of amides is 1. The van der Waals surface area contributed by atoms with Gasteiger partial charge in [0.2, 0.25) is 5.91 Å². The lowest BCUT2D eigenvalue weighted by atomic mass is 10.2.